The van der Waals surface area contributed by atoms with E-state index in [1.54, 1.807) is 17.4 Å². The molecule has 0 radical (unpaired) electrons. The second kappa shape index (κ2) is 6.46. The van der Waals surface area contributed by atoms with Crippen molar-refractivity contribution in [3.05, 3.63) is 50.7 Å². The van der Waals surface area contributed by atoms with Crippen LogP contribution < -0.4 is 5.32 Å². The maximum atomic E-state index is 13.5. The number of aryl methyl sites for hydroxylation is 1. The maximum Gasteiger partial charge on any atom is 0.142 e. The van der Waals surface area contributed by atoms with E-state index < -0.39 is 0 Å². The lowest BCUT2D eigenvalue weighted by atomic mass is 10.0. The molecular weight excluding hydrogens is 283 g/mol. The van der Waals surface area contributed by atoms with Crippen LogP contribution in [0.5, 0.6) is 0 Å². The summed E-state index contributed by atoms with van der Waals surface area (Å²) in [5.74, 6) is -0.371. The van der Waals surface area contributed by atoms with Gasteiger partial charge in [0.05, 0.1) is 21.8 Å². The highest BCUT2D eigenvalue weighted by Gasteiger charge is 2.16. The van der Waals surface area contributed by atoms with Crippen molar-refractivity contribution < 1.29 is 4.39 Å². The number of likely N-dealkylation sites (N-methyl/N-ethyl adjacent to an activating group) is 1. The zero-order valence-electron chi connectivity index (χ0n) is 10.9. The standard InChI is InChI=1S/C14H16ClFN2S/c1-3-17-12(13-8-19-9(2)18-13)7-10-5-4-6-11(16)14(10)15/h4-6,8,12,17H,3,7H2,1-2H3. The average molecular weight is 299 g/mol. The molecule has 0 aliphatic rings. The number of benzene rings is 1. The van der Waals surface area contributed by atoms with Crippen LogP contribution in [0, 0.1) is 12.7 Å². The molecule has 1 aromatic carbocycles. The minimum Gasteiger partial charge on any atom is -0.309 e. The van der Waals surface area contributed by atoms with Crippen molar-refractivity contribution in [3.8, 4) is 0 Å². The minimum absolute atomic E-state index is 0.0641. The third-order valence-corrected chi connectivity index (χ3v) is 4.11. The van der Waals surface area contributed by atoms with Crippen LogP contribution in [0.1, 0.15) is 29.2 Å². The highest BCUT2D eigenvalue weighted by Crippen LogP contribution is 2.26. The lowest BCUT2D eigenvalue weighted by Crippen LogP contribution is -2.23. The van der Waals surface area contributed by atoms with Crippen LogP contribution in [-0.2, 0) is 6.42 Å². The third-order valence-electron chi connectivity index (χ3n) is 2.90. The summed E-state index contributed by atoms with van der Waals surface area (Å²) in [5.41, 5.74) is 1.79. The predicted octanol–water partition coefficient (Wildman–Crippen LogP) is 4.14. The molecule has 0 spiro atoms. The summed E-state index contributed by atoms with van der Waals surface area (Å²) in [6.45, 7) is 4.85. The SMILES string of the molecule is CCNC(Cc1cccc(F)c1Cl)c1csc(C)n1. The molecule has 1 heterocycles. The Morgan fingerprint density at radius 3 is 2.89 bits per heavy atom. The van der Waals surface area contributed by atoms with Gasteiger partial charge in [-0.05, 0) is 31.5 Å². The molecule has 0 saturated carbocycles. The first kappa shape index (κ1) is 14.4. The number of nitrogens with one attached hydrogen (secondary N) is 1. The van der Waals surface area contributed by atoms with Gasteiger partial charge >= 0.3 is 0 Å². The van der Waals surface area contributed by atoms with Crippen molar-refractivity contribution in [3.63, 3.8) is 0 Å². The molecule has 0 saturated heterocycles. The Morgan fingerprint density at radius 2 is 2.26 bits per heavy atom. The van der Waals surface area contributed by atoms with E-state index in [0.29, 0.717) is 6.42 Å². The van der Waals surface area contributed by atoms with Gasteiger partial charge in [0.15, 0.2) is 0 Å². The van der Waals surface area contributed by atoms with Crippen molar-refractivity contribution in [2.45, 2.75) is 26.3 Å². The average Bonchev–Trinajstić information content (AvgIpc) is 2.81. The molecule has 2 rings (SSSR count). The molecule has 0 aliphatic carbocycles. The number of nitrogens with zero attached hydrogens (tertiary/aromatic N) is 1. The Kier molecular flexibility index (Phi) is 4.91. The maximum absolute atomic E-state index is 13.5. The van der Waals surface area contributed by atoms with Crippen LogP contribution in [0.15, 0.2) is 23.6 Å². The third kappa shape index (κ3) is 3.53. The topological polar surface area (TPSA) is 24.9 Å². The van der Waals surface area contributed by atoms with Gasteiger partial charge in [0.2, 0.25) is 0 Å². The fourth-order valence-corrected chi connectivity index (χ4v) is 2.86. The summed E-state index contributed by atoms with van der Waals surface area (Å²) in [4.78, 5) is 4.50. The molecule has 1 unspecified atom stereocenters. The molecule has 2 nitrogen and oxygen atoms in total. The summed E-state index contributed by atoms with van der Waals surface area (Å²) >= 11 is 7.63. The fourth-order valence-electron chi connectivity index (χ4n) is 1.99. The van der Waals surface area contributed by atoms with Gasteiger partial charge in [-0.3, -0.25) is 0 Å². The largest absolute Gasteiger partial charge is 0.309 e. The first-order valence-corrected chi connectivity index (χ1v) is 7.46. The highest BCUT2D eigenvalue weighted by molar-refractivity contribution is 7.09. The summed E-state index contributed by atoms with van der Waals surface area (Å²) in [5, 5.41) is 6.64. The number of hydrogen-bond acceptors (Lipinski definition) is 3. The van der Waals surface area contributed by atoms with Crippen LogP contribution in [0.2, 0.25) is 5.02 Å². The van der Waals surface area contributed by atoms with Crippen molar-refractivity contribution in [1.82, 2.24) is 10.3 Å². The first-order chi connectivity index (χ1) is 9.11. The normalized spacial score (nSPS) is 12.6. The predicted molar refractivity (Wildman–Crippen MR) is 78.4 cm³/mol. The van der Waals surface area contributed by atoms with Crippen LogP contribution in [0.4, 0.5) is 4.39 Å². The Morgan fingerprint density at radius 1 is 1.47 bits per heavy atom. The number of aromatic nitrogens is 1. The van der Waals surface area contributed by atoms with E-state index in [0.717, 1.165) is 22.8 Å². The molecule has 19 heavy (non-hydrogen) atoms. The quantitative estimate of drug-likeness (QED) is 0.897. The second-order valence-corrected chi connectivity index (χ2v) is 5.76. The van der Waals surface area contributed by atoms with Gasteiger partial charge in [-0.25, -0.2) is 9.37 Å². The molecule has 0 amide bonds. The molecule has 0 bridgehead atoms. The van der Waals surface area contributed by atoms with Gasteiger partial charge in [0, 0.05) is 5.38 Å². The highest BCUT2D eigenvalue weighted by atomic mass is 35.5. The summed E-state index contributed by atoms with van der Waals surface area (Å²) in [7, 11) is 0. The van der Waals surface area contributed by atoms with Crippen molar-refractivity contribution in [2.75, 3.05) is 6.54 Å². The van der Waals surface area contributed by atoms with E-state index in [2.05, 4.69) is 10.3 Å². The lowest BCUT2D eigenvalue weighted by molar-refractivity contribution is 0.536. The molecule has 0 fully saturated rings. The molecule has 0 aliphatic heterocycles. The van der Waals surface area contributed by atoms with Crippen LogP contribution in [0.25, 0.3) is 0 Å². The van der Waals surface area contributed by atoms with Crippen LogP contribution in [0.3, 0.4) is 0 Å². The molecule has 1 N–H and O–H groups in total. The number of hydrogen-bond donors (Lipinski definition) is 1. The van der Waals surface area contributed by atoms with E-state index in [4.69, 9.17) is 11.6 Å². The Labute approximate surface area is 121 Å². The van der Waals surface area contributed by atoms with Crippen molar-refractivity contribution in [2.24, 2.45) is 0 Å². The van der Waals surface area contributed by atoms with Gasteiger partial charge in [-0.1, -0.05) is 30.7 Å². The van der Waals surface area contributed by atoms with Gasteiger partial charge in [0.1, 0.15) is 5.82 Å². The molecule has 1 atom stereocenters. The zero-order chi connectivity index (χ0) is 13.8. The van der Waals surface area contributed by atoms with Crippen LogP contribution >= 0.6 is 22.9 Å². The van der Waals surface area contributed by atoms with Gasteiger partial charge in [0.25, 0.3) is 0 Å². The molecule has 102 valence electrons. The molecule has 2 aromatic rings. The zero-order valence-corrected chi connectivity index (χ0v) is 12.5. The Hall–Kier alpha value is -0.970. The van der Waals surface area contributed by atoms with Crippen molar-refractivity contribution >= 4 is 22.9 Å². The Balaban J connectivity index is 2.23. The van der Waals surface area contributed by atoms with E-state index in [1.165, 1.54) is 6.07 Å². The summed E-state index contributed by atoms with van der Waals surface area (Å²) in [6, 6.07) is 4.98. The van der Waals surface area contributed by atoms with Crippen LogP contribution in [-0.4, -0.2) is 11.5 Å². The molecular formula is C14H16ClFN2S. The fraction of sp³-hybridized carbons (Fsp3) is 0.357. The number of rotatable bonds is 5. The Bertz CT molecular complexity index is 556. The van der Waals surface area contributed by atoms with Gasteiger partial charge in [-0.15, -0.1) is 11.3 Å². The number of halogens is 2. The van der Waals surface area contributed by atoms with Gasteiger partial charge in [-0.2, -0.15) is 0 Å². The molecule has 5 heteroatoms. The number of thiazole rings is 1. The monoisotopic (exact) mass is 298 g/mol. The van der Waals surface area contributed by atoms with E-state index >= 15 is 0 Å². The minimum atomic E-state index is -0.371. The summed E-state index contributed by atoms with van der Waals surface area (Å²) in [6.07, 6.45) is 0.633. The van der Waals surface area contributed by atoms with E-state index in [-0.39, 0.29) is 16.9 Å². The van der Waals surface area contributed by atoms with Crippen molar-refractivity contribution in [1.29, 1.82) is 0 Å². The lowest BCUT2D eigenvalue weighted by Gasteiger charge is -2.16. The molecule has 1 aromatic heterocycles. The first-order valence-electron chi connectivity index (χ1n) is 6.20. The van der Waals surface area contributed by atoms with E-state index in [1.807, 2.05) is 25.3 Å². The van der Waals surface area contributed by atoms with Gasteiger partial charge < -0.3 is 5.32 Å². The summed E-state index contributed by atoms with van der Waals surface area (Å²) < 4.78 is 13.5. The second-order valence-electron chi connectivity index (χ2n) is 4.32. The smallest absolute Gasteiger partial charge is 0.142 e. The van der Waals surface area contributed by atoms with E-state index in [9.17, 15) is 4.39 Å².